The van der Waals surface area contributed by atoms with Crippen LogP contribution in [-0.4, -0.2) is 62.7 Å². The van der Waals surface area contributed by atoms with Gasteiger partial charge in [0.1, 0.15) is 5.82 Å². The van der Waals surface area contributed by atoms with Crippen LogP contribution >= 0.6 is 0 Å². The maximum absolute atomic E-state index is 12.6. The van der Waals surface area contributed by atoms with Gasteiger partial charge in [-0.05, 0) is 39.0 Å². The van der Waals surface area contributed by atoms with Crippen LogP contribution in [0.3, 0.4) is 0 Å². The molecular weight excluding hydrogens is 318 g/mol. The Morgan fingerprint density at radius 1 is 1.04 bits per heavy atom. The molecule has 25 heavy (non-hydrogen) atoms. The smallest absolute Gasteiger partial charge is 0.274 e. The second-order valence-electron chi connectivity index (χ2n) is 7.01. The fourth-order valence-corrected chi connectivity index (χ4v) is 2.62. The minimum atomic E-state index is -0.101. The van der Waals surface area contributed by atoms with Gasteiger partial charge in [0.25, 0.3) is 5.91 Å². The number of nitrogens with zero attached hydrogens (tertiary/aromatic N) is 6. The Hall–Kier alpha value is -2.77. The van der Waals surface area contributed by atoms with Gasteiger partial charge in [-0.2, -0.15) is 0 Å². The number of rotatable bonds is 3. The summed E-state index contributed by atoms with van der Waals surface area (Å²) in [6.07, 6.45) is 3.45. The van der Waals surface area contributed by atoms with Crippen molar-refractivity contribution in [2.24, 2.45) is 0 Å². The molecule has 3 heterocycles. The first-order chi connectivity index (χ1) is 11.9. The standard InChI is InChI=1S/C17H23N7O/c1-17(2,3)20-14-6-5-13(21-22-14)15(25)23-9-11-24(12-10-23)16-18-7-4-8-19-16/h4-8H,9-12H2,1-3H3,(H,20,22). The molecule has 1 saturated heterocycles. The Morgan fingerprint density at radius 2 is 1.72 bits per heavy atom. The third-order valence-corrected chi connectivity index (χ3v) is 3.79. The van der Waals surface area contributed by atoms with Crippen molar-refractivity contribution in [2.75, 3.05) is 36.4 Å². The molecule has 0 radical (unpaired) electrons. The van der Waals surface area contributed by atoms with Crippen LogP contribution in [0.4, 0.5) is 11.8 Å². The molecule has 1 amide bonds. The van der Waals surface area contributed by atoms with E-state index in [2.05, 4.69) is 30.4 Å². The molecule has 1 N–H and O–H groups in total. The molecule has 0 bridgehead atoms. The second-order valence-corrected chi connectivity index (χ2v) is 7.01. The molecule has 3 rings (SSSR count). The molecule has 0 aliphatic carbocycles. The summed E-state index contributed by atoms with van der Waals surface area (Å²) in [5.74, 6) is 1.27. The van der Waals surface area contributed by atoms with Crippen LogP contribution in [-0.2, 0) is 0 Å². The minimum Gasteiger partial charge on any atom is -0.364 e. The first-order valence-corrected chi connectivity index (χ1v) is 8.35. The molecule has 2 aromatic heterocycles. The summed E-state index contributed by atoms with van der Waals surface area (Å²) in [6.45, 7) is 8.76. The number of amides is 1. The quantitative estimate of drug-likeness (QED) is 0.904. The van der Waals surface area contributed by atoms with Gasteiger partial charge in [0, 0.05) is 44.1 Å². The van der Waals surface area contributed by atoms with Crippen molar-refractivity contribution < 1.29 is 4.79 Å². The molecule has 2 aromatic rings. The van der Waals surface area contributed by atoms with Gasteiger partial charge in [-0.3, -0.25) is 4.79 Å². The van der Waals surface area contributed by atoms with E-state index < -0.39 is 0 Å². The van der Waals surface area contributed by atoms with Crippen molar-refractivity contribution in [2.45, 2.75) is 26.3 Å². The van der Waals surface area contributed by atoms with Gasteiger partial charge >= 0.3 is 0 Å². The summed E-state index contributed by atoms with van der Waals surface area (Å²) in [4.78, 5) is 25.0. The normalized spacial score (nSPS) is 15.2. The zero-order chi connectivity index (χ0) is 17.9. The molecule has 0 aromatic carbocycles. The Balaban J connectivity index is 1.59. The van der Waals surface area contributed by atoms with Gasteiger partial charge < -0.3 is 15.1 Å². The van der Waals surface area contributed by atoms with Crippen LogP contribution < -0.4 is 10.2 Å². The molecule has 1 fully saturated rings. The molecule has 132 valence electrons. The van der Waals surface area contributed by atoms with Crippen LogP contribution in [0.5, 0.6) is 0 Å². The Labute approximate surface area is 147 Å². The number of hydrogen-bond acceptors (Lipinski definition) is 7. The van der Waals surface area contributed by atoms with Gasteiger partial charge in [-0.15, -0.1) is 10.2 Å². The Kier molecular flexibility index (Phi) is 4.78. The van der Waals surface area contributed by atoms with E-state index in [1.165, 1.54) is 0 Å². The maximum atomic E-state index is 12.6. The predicted molar refractivity (Wildman–Crippen MR) is 95.6 cm³/mol. The minimum absolute atomic E-state index is 0.0940. The van der Waals surface area contributed by atoms with Gasteiger partial charge in [0.05, 0.1) is 0 Å². The summed E-state index contributed by atoms with van der Waals surface area (Å²) in [6, 6.07) is 5.30. The monoisotopic (exact) mass is 341 g/mol. The number of nitrogens with one attached hydrogen (secondary N) is 1. The van der Waals surface area contributed by atoms with Crippen LogP contribution in [0, 0.1) is 0 Å². The van der Waals surface area contributed by atoms with Gasteiger partial charge in [0.2, 0.25) is 5.95 Å². The molecule has 1 aliphatic heterocycles. The average Bonchev–Trinajstić information content (AvgIpc) is 2.61. The average molecular weight is 341 g/mol. The topological polar surface area (TPSA) is 87.1 Å². The predicted octanol–water partition coefficient (Wildman–Crippen LogP) is 1.44. The zero-order valence-corrected chi connectivity index (χ0v) is 14.8. The number of anilines is 2. The van der Waals surface area contributed by atoms with Crippen molar-refractivity contribution in [1.29, 1.82) is 0 Å². The van der Waals surface area contributed by atoms with E-state index in [4.69, 9.17) is 0 Å². The second kappa shape index (κ2) is 7.00. The maximum Gasteiger partial charge on any atom is 0.274 e. The zero-order valence-electron chi connectivity index (χ0n) is 14.8. The molecule has 8 nitrogen and oxygen atoms in total. The van der Waals surface area contributed by atoms with E-state index in [1.54, 1.807) is 35.5 Å². The number of carbonyl (C=O) groups is 1. The lowest BCUT2D eigenvalue weighted by Gasteiger charge is -2.34. The molecule has 8 heteroatoms. The number of hydrogen-bond donors (Lipinski definition) is 1. The highest BCUT2D eigenvalue weighted by Crippen LogP contribution is 2.14. The summed E-state index contributed by atoms with van der Waals surface area (Å²) in [5.41, 5.74) is 0.264. The van der Waals surface area contributed by atoms with Crippen LogP contribution in [0.2, 0.25) is 0 Å². The Morgan fingerprint density at radius 3 is 2.28 bits per heavy atom. The molecule has 0 spiro atoms. The van der Waals surface area contributed by atoms with E-state index in [-0.39, 0.29) is 11.4 Å². The molecular formula is C17H23N7O. The fraction of sp³-hybridized carbons (Fsp3) is 0.471. The van der Waals surface area contributed by atoms with Crippen molar-refractivity contribution >= 4 is 17.7 Å². The molecule has 0 atom stereocenters. The van der Waals surface area contributed by atoms with Crippen LogP contribution in [0.15, 0.2) is 30.6 Å². The lowest BCUT2D eigenvalue weighted by molar-refractivity contribution is 0.0739. The van der Waals surface area contributed by atoms with E-state index in [0.717, 1.165) is 0 Å². The van der Waals surface area contributed by atoms with Gasteiger partial charge in [0.15, 0.2) is 5.69 Å². The largest absolute Gasteiger partial charge is 0.364 e. The van der Waals surface area contributed by atoms with Crippen LogP contribution in [0.25, 0.3) is 0 Å². The fourth-order valence-electron chi connectivity index (χ4n) is 2.62. The van der Waals surface area contributed by atoms with Gasteiger partial charge in [-0.1, -0.05) is 0 Å². The molecule has 1 aliphatic rings. The number of carbonyl (C=O) groups excluding carboxylic acids is 1. The lowest BCUT2D eigenvalue weighted by atomic mass is 10.1. The Bertz CT molecular complexity index is 704. The highest BCUT2D eigenvalue weighted by atomic mass is 16.2. The number of piperazine rings is 1. The molecule has 0 saturated carbocycles. The van der Waals surface area contributed by atoms with Crippen molar-refractivity contribution in [3.63, 3.8) is 0 Å². The summed E-state index contributed by atoms with van der Waals surface area (Å²) >= 11 is 0. The van der Waals surface area contributed by atoms with E-state index >= 15 is 0 Å². The van der Waals surface area contributed by atoms with E-state index in [9.17, 15) is 4.79 Å². The van der Waals surface area contributed by atoms with Gasteiger partial charge in [-0.25, -0.2) is 9.97 Å². The van der Waals surface area contributed by atoms with Crippen LogP contribution in [0.1, 0.15) is 31.3 Å². The number of aromatic nitrogens is 4. The first kappa shape index (κ1) is 17.1. The van der Waals surface area contributed by atoms with E-state index in [0.29, 0.717) is 43.6 Å². The highest BCUT2D eigenvalue weighted by molar-refractivity contribution is 5.92. The lowest BCUT2D eigenvalue weighted by Crippen LogP contribution is -2.49. The molecule has 0 unspecified atom stereocenters. The summed E-state index contributed by atoms with van der Waals surface area (Å²) < 4.78 is 0. The summed E-state index contributed by atoms with van der Waals surface area (Å²) in [5, 5.41) is 11.4. The van der Waals surface area contributed by atoms with Crippen molar-refractivity contribution in [3.05, 3.63) is 36.3 Å². The highest BCUT2D eigenvalue weighted by Gasteiger charge is 2.24. The third kappa shape index (κ3) is 4.40. The third-order valence-electron chi connectivity index (χ3n) is 3.79. The van der Waals surface area contributed by atoms with Crippen molar-refractivity contribution in [3.8, 4) is 0 Å². The first-order valence-electron chi connectivity index (χ1n) is 8.35. The summed E-state index contributed by atoms with van der Waals surface area (Å²) in [7, 11) is 0. The SMILES string of the molecule is CC(C)(C)Nc1ccc(C(=O)N2CCN(c3ncccn3)CC2)nn1. The van der Waals surface area contributed by atoms with Crippen molar-refractivity contribution in [1.82, 2.24) is 25.1 Å². The van der Waals surface area contributed by atoms with E-state index in [1.807, 2.05) is 20.8 Å².